The summed E-state index contributed by atoms with van der Waals surface area (Å²) in [6, 6.07) is 16.4. The molecule has 2 aromatic carbocycles. The molecule has 3 N–H and O–H groups in total. The van der Waals surface area contributed by atoms with Gasteiger partial charge in [0.15, 0.2) is 0 Å². The van der Waals surface area contributed by atoms with Gasteiger partial charge >= 0.3 is 0 Å². The number of hydrogen-bond donors (Lipinski definition) is 3. The number of rotatable bonds is 3. The normalized spacial score (nSPS) is 10.6. The van der Waals surface area contributed by atoms with E-state index in [1.54, 1.807) is 24.3 Å². The Morgan fingerprint density at radius 2 is 1.85 bits per heavy atom. The summed E-state index contributed by atoms with van der Waals surface area (Å²) in [4.78, 5) is 15.2. The number of H-pyrrole nitrogens is 1. The quantitative estimate of drug-likeness (QED) is 0.682. The van der Waals surface area contributed by atoms with E-state index in [1.165, 1.54) is 0 Å². The zero-order chi connectivity index (χ0) is 13.9. The maximum absolute atomic E-state index is 12.1. The summed E-state index contributed by atoms with van der Waals surface area (Å²) in [5.41, 5.74) is 2.43. The lowest BCUT2D eigenvalue weighted by Crippen LogP contribution is -2.22. The van der Waals surface area contributed by atoms with Gasteiger partial charge in [-0.2, -0.15) is 0 Å². The van der Waals surface area contributed by atoms with Crippen molar-refractivity contribution in [1.29, 1.82) is 0 Å². The molecule has 0 saturated heterocycles. The van der Waals surface area contributed by atoms with Crippen molar-refractivity contribution in [1.82, 2.24) is 10.3 Å². The summed E-state index contributed by atoms with van der Waals surface area (Å²) in [6.07, 6.45) is 0. The van der Waals surface area contributed by atoms with Crippen molar-refractivity contribution < 1.29 is 9.90 Å². The van der Waals surface area contributed by atoms with Crippen LogP contribution in [0.25, 0.3) is 10.9 Å². The van der Waals surface area contributed by atoms with Gasteiger partial charge in [0.2, 0.25) is 0 Å². The van der Waals surface area contributed by atoms with Gasteiger partial charge in [-0.1, -0.05) is 30.3 Å². The summed E-state index contributed by atoms with van der Waals surface area (Å²) in [6.45, 7) is 0.425. The highest BCUT2D eigenvalue weighted by atomic mass is 16.3. The Bertz CT molecular complexity index is 712. The van der Waals surface area contributed by atoms with Crippen molar-refractivity contribution in [3.63, 3.8) is 0 Å². The number of fused-ring (bicyclic) bond motifs is 1. The summed E-state index contributed by atoms with van der Waals surface area (Å²) in [5.74, 6) is 0.0740. The Labute approximate surface area is 116 Å². The topological polar surface area (TPSA) is 65.1 Å². The van der Waals surface area contributed by atoms with E-state index in [0.29, 0.717) is 12.2 Å². The molecule has 1 amide bonds. The van der Waals surface area contributed by atoms with Crippen LogP contribution in [0.3, 0.4) is 0 Å². The Morgan fingerprint density at radius 3 is 2.60 bits per heavy atom. The van der Waals surface area contributed by atoms with Gasteiger partial charge in [-0.3, -0.25) is 4.79 Å². The first-order chi connectivity index (χ1) is 9.72. The largest absolute Gasteiger partial charge is 0.508 e. The maximum Gasteiger partial charge on any atom is 0.267 e. The fourth-order valence-corrected chi connectivity index (χ4v) is 2.09. The van der Waals surface area contributed by atoms with Crippen molar-refractivity contribution in [3.8, 4) is 5.75 Å². The second-order valence-corrected chi connectivity index (χ2v) is 4.62. The van der Waals surface area contributed by atoms with Gasteiger partial charge in [0.1, 0.15) is 11.4 Å². The number of phenols is 1. The minimum Gasteiger partial charge on any atom is -0.508 e. The van der Waals surface area contributed by atoms with E-state index in [0.717, 1.165) is 16.5 Å². The summed E-state index contributed by atoms with van der Waals surface area (Å²) in [7, 11) is 0. The SMILES string of the molecule is O=C(NCc1ccc(O)cc1)c1cc2ccccc2[nH]1. The van der Waals surface area contributed by atoms with Crippen LogP contribution in [-0.4, -0.2) is 16.0 Å². The summed E-state index contributed by atoms with van der Waals surface area (Å²) in [5, 5.41) is 13.1. The third-order valence-electron chi connectivity index (χ3n) is 3.16. The number of hydrogen-bond acceptors (Lipinski definition) is 2. The Kier molecular flexibility index (Phi) is 3.13. The molecule has 100 valence electrons. The van der Waals surface area contributed by atoms with Gasteiger partial charge in [-0.15, -0.1) is 0 Å². The minimum atomic E-state index is -0.144. The molecule has 1 heterocycles. The molecule has 0 saturated carbocycles. The number of carbonyl (C=O) groups excluding carboxylic acids is 1. The number of amides is 1. The fourth-order valence-electron chi connectivity index (χ4n) is 2.09. The average Bonchev–Trinajstić information content (AvgIpc) is 2.90. The van der Waals surface area contributed by atoms with Crippen molar-refractivity contribution in [3.05, 3.63) is 65.9 Å². The lowest BCUT2D eigenvalue weighted by Gasteiger charge is -2.04. The van der Waals surface area contributed by atoms with Crippen molar-refractivity contribution in [2.75, 3.05) is 0 Å². The van der Waals surface area contributed by atoms with Crippen molar-refractivity contribution in [2.45, 2.75) is 6.54 Å². The highest BCUT2D eigenvalue weighted by Crippen LogP contribution is 2.15. The van der Waals surface area contributed by atoms with Crippen LogP contribution in [0, 0.1) is 0 Å². The first kappa shape index (κ1) is 12.3. The number of para-hydroxylation sites is 1. The standard InChI is InChI=1S/C16H14N2O2/c19-13-7-5-11(6-8-13)10-17-16(20)15-9-12-3-1-2-4-14(12)18-15/h1-9,18-19H,10H2,(H,17,20). The number of aromatic hydroxyl groups is 1. The molecule has 4 nitrogen and oxygen atoms in total. The number of aromatic amines is 1. The van der Waals surface area contributed by atoms with Gasteiger partial charge in [0, 0.05) is 17.4 Å². The molecule has 0 fully saturated rings. The maximum atomic E-state index is 12.1. The first-order valence-corrected chi connectivity index (χ1v) is 6.36. The second kappa shape index (κ2) is 5.09. The molecule has 0 spiro atoms. The predicted molar refractivity (Wildman–Crippen MR) is 77.6 cm³/mol. The van der Waals surface area contributed by atoms with E-state index in [1.807, 2.05) is 30.3 Å². The van der Waals surface area contributed by atoms with E-state index in [2.05, 4.69) is 10.3 Å². The molecular formula is C16H14N2O2. The zero-order valence-corrected chi connectivity index (χ0v) is 10.8. The smallest absolute Gasteiger partial charge is 0.267 e. The van der Waals surface area contributed by atoms with Crippen LogP contribution in [0.1, 0.15) is 16.1 Å². The highest BCUT2D eigenvalue weighted by molar-refractivity contribution is 5.97. The van der Waals surface area contributed by atoms with Gasteiger partial charge in [0.05, 0.1) is 0 Å². The second-order valence-electron chi connectivity index (χ2n) is 4.62. The molecule has 20 heavy (non-hydrogen) atoms. The third-order valence-corrected chi connectivity index (χ3v) is 3.16. The van der Waals surface area contributed by atoms with Gasteiger partial charge in [0.25, 0.3) is 5.91 Å². The van der Waals surface area contributed by atoms with Crippen LogP contribution < -0.4 is 5.32 Å². The van der Waals surface area contributed by atoms with E-state index >= 15 is 0 Å². The van der Waals surface area contributed by atoms with Crippen molar-refractivity contribution >= 4 is 16.8 Å². The molecule has 3 rings (SSSR count). The molecule has 0 unspecified atom stereocenters. The summed E-state index contributed by atoms with van der Waals surface area (Å²) < 4.78 is 0. The van der Waals surface area contributed by atoms with Gasteiger partial charge < -0.3 is 15.4 Å². The number of aromatic nitrogens is 1. The van der Waals surface area contributed by atoms with E-state index in [4.69, 9.17) is 0 Å². The molecule has 0 radical (unpaired) electrons. The Morgan fingerprint density at radius 1 is 1.10 bits per heavy atom. The van der Waals surface area contributed by atoms with E-state index < -0.39 is 0 Å². The molecule has 0 bridgehead atoms. The van der Waals surface area contributed by atoms with Crippen molar-refractivity contribution in [2.24, 2.45) is 0 Å². The van der Waals surface area contributed by atoms with Gasteiger partial charge in [-0.25, -0.2) is 0 Å². The van der Waals surface area contributed by atoms with E-state index in [-0.39, 0.29) is 11.7 Å². The zero-order valence-electron chi connectivity index (χ0n) is 10.8. The summed E-state index contributed by atoms with van der Waals surface area (Å²) >= 11 is 0. The minimum absolute atomic E-state index is 0.144. The molecule has 1 aromatic heterocycles. The molecule has 0 aliphatic carbocycles. The van der Waals surface area contributed by atoms with Crippen LogP contribution in [0.4, 0.5) is 0 Å². The number of phenolic OH excluding ortho intramolecular Hbond substituents is 1. The Balaban J connectivity index is 1.71. The lowest BCUT2D eigenvalue weighted by atomic mass is 10.2. The molecular weight excluding hydrogens is 252 g/mol. The third kappa shape index (κ3) is 2.49. The lowest BCUT2D eigenvalue weighted by molar-refractivity contribution is 0.0947. The molecule has 0 aliphatic rings. The molecule has 0 atom stereocenters. The number of nitrogens with one attached hydrogen (secondary N) is 2. The molecule has 3 aromatic rings. The molecule has 0 aliphatic heterocycles. The van der Waals surface area contributed by atoms with Crippen LogP contribution in [0.5, 0.6) is 5.75 Å². The van der Waals surface area contributed by atoms with Gasteiger partial charge in [-0.05, 0) is 29.8 Å². The van der Waals surface area contributed by atoms with Crippen LogP contribution in [-0.2, 0) is 6.54 Å². The van der Waals surface area contributed by atoms with Crippen LogP contribution >= 0.6 is 0 Å². The monoisotopic (exact) mass is 266 g/mol. The van der Waals surface area contributed by atoms with Crippen LogP contribution in [0.15, 0.2) is 54.6 Å². The first-order valence-electron chi connectivity index (χ1n) is 6.36. The number of benzene rings is 2. The predicted octanol–water partition coefficient (Wildman–Crippen LogP) is 2.80. The highest BCUT2D eigenvalue weighted by Gasteiger charge is 2.08. The number of carbonyl (C=O) groups is 1. The Hall–Kier alpha value is -2.75. The molecule has 4 heteroatoms. The fraction of sp³-hybridized carbons (Fsp3) is 0.0625. The average molecular weight is 266 g/mol. The van der Waals surface area contributed by atoms with Crippen LogP contribution in [0.2, 0.25) is 0 Å². The van der Waals surface area contributed by atoms with E-state index in [9.17, 15) is 9.90 Å².